The number of rotatable bonds is 5. The van der Waals surface area contributed by atoms with Crippen molar-refractivity contribution >= 4 is 12.1 Å². The number of urea groups is 1. The number of nitrogens with zero attached hydrogens (tertiary/aromatic N) is 3. The molecule has 39 heavy (non-hydrogen) atoms. The third kappa shape index (κ3) is 5.00. The van der Waals surface area contributed by atoms with Crippen molar-refractivity contribution in [3.8, 4) is 5.69 Å². The van der Waals surface area contributed by atoms with E-state index in [4.69, 9.17) is 4.74 Å². The van der Waals surface area contributed by atoms with Crippen LogP contribution in [0.3, 0.4) is 0 Å². The Hall–Kier alpha value is -3.45. The van der Waals surface area contributed by atoms with E-state index in [1.165, 1.54) is 23.3 Å². The Kier molecular flexibility index (Phi) is 6.79. The number of nitrogens with one attached hydrogen (secondary N) is 1. The Labute approximate surface area is 229 Å². The summed E-state index contributed by atoms with van der Waals surface area (Å²) in [5.41, 5.74) is 5.77. The number of benzene rings is 2. The summed E-state index contributed by atoms with van der Waals surface area (Å²) in [4.78, 5) is 15.3. The Balaban J connectivity index is 1.24. The largest absolute Gasteiger partial charge is 0.372 e. The average molecular weight is 529 g/mol. The number of aromatic nitrogens is 2. The van der Waals surface area contributed by atoms with Crippen LogP contribution >= 0.6 is 0 Å². The molecule has 3 unspecified atom stereocenters. The molecule has 1 aromatic heterocycles. The van der Waals surface area contributed by atoms with Gasteiger partial charge in [-0.05, 0) is 92.3 Å². The van der Waals surface area contributed by atoms with Gasteiger partial charge < -0.3 is 15.0 Å². The summed E-state index contributed by atoms with van der Waals surface area (Å²) < 4.78 is 21.3. The molecule has 0 radical (unpaired) electrons. The van der Waals surface area contributed by atoms with Gasteiger partial charge in [0.1, 0.15) is 5.82 Å². The zero-order valence-corrected chi connectivity index (χ0v) is 22.9. The molecular formula is C32H37FN4O2. The van der Waals surface area contributed by atoms with E-state index < -0.39 is 0 Å². The van der Waals surface area contributed by atoms with Crippen molar-refractivity contribution in [2.45, 2.75) is 64.7 Å². The fourth-order valence-electron chi connectivity index (χ4n) is 6.93. The van der Waals surface area contributed by atoms with E-state index in [9.17, 15) is 9.18 Å². The van der Waals surface area contributed by atoms with Gasteiger partial charge in [-0.2, -0.15) is 5.10 Å². The lowest BCUT2D eigenvalue weighted by molar-refractivity contribution is -0.0548. The number of fused-ring (bicyclic) bond motifs is 2. The topological polar surface area (TPSA) is 59.4 Å². The molecule has 2 fully saturated rings. The molecular weight excluding hydrogens is 491 g/mol. The summed E-state index contributed by atoms with van der Waals surface area (Å²) in [6, 6.07) is 16.8. The minimum Gasteiger partial charge on any atom is -0.372 e. The third-order valence-corrected chi connectivity index (χ3v) is 8.95. The van der Waals surface area contributed by atoms with Crippen molar-refractivity contribution in [1.82, 2.24) is 20.0 Å². The highest BCUT2D eigenvalue weighted by atomic mass is 19.1. The van der Waals surface area contributed by atoms with Crippen molar-refractivity contribution in [1.29, 1.82) is 0 Å². The highest BCUT2D eigenvalue weighted by molar-refractivity contribution is 5.75. The molecule has 6 rings (SSSR count). The second kappa shape index (κ2) is 10.3. The zero-order chi connectivity index (χ0) is 27.1. The number of halogens is 1. The lowest BCUT2D eigenvalue weighted by Crippen LogP contribution is -2.52. The van der Waals surface area contributed by atoms with Gasteiger partial charge in [-0.3, -0.25) is 0 Å². The van der Waals surface area contributed by atoms with Crippen LogP contribution < -0.4 is 5.32 Å². The number of amides is 2. The summed E-state index contributed by atoms with van der Waals surface area (Å²) in [5, 5.41) is 8.07. The standard InChI is InChI=1S/C32H37FN4O2/c1-21-19-36(20-22(2)39-21)31(38)35-29(23-7-5-4-6-8-23)15-25-9-10-26-16-30-24(17-32(25,26)3)18-34-37(30)28-13-11-27(33)12-14-28/h4-8,11-14,16,18,21-22,25,29H,9-10,15,17,19-20H2,1-3H3,(H,35,38)/t21?,22?,25-,29?,32+/m1/s1. The average Bonchev–Trinajstić information content (AvgIpc) is 3.46. The van der Waals surface area contributed by atoms with Crippen LogP contribution in [-0.4, -0.2) is 46.0 Å². The van der Waals surface area contributed by atoms with Crippen LogP contribution in [0, 0.1) is 17.2 Å². The molecule has 0 spiro atoms. The van der Waals surface area contributed by atoms with Gasteiger partial charge >= 0.3 is 6.03 Å². The quantitative estimate of drug-likeness (QED) is 0.422. The Morgan fingerprint density at radius 2 is 1.85 bits per heavy atom. The first-order chi connectivity index (χ1) is 18.8. The van der Waals surface area contributed by atoms with Gasteiger partial charge in [-0.25, -0.2) is 13.9 Å². The molecule has 2 heterocycles. The number of hydrogen-bond donors (Lipinski definition) is 1. The summed E-state index contributed by atoms with van der Waals surface area (Å²) in [6.07, 6.45) is 8.23. The van der Waals surface area contributed by atoms with E-state index in [1.54, 1.807) is 12.1 Å². The van der Waals surface area contributed by atoms with E-state index in [1.807, 2.05) is 47.8 Å². The van der Waals surface area contributed by atoms with Gasteiger partial charge in [0.25, 0.3) is 0 Å². The molecule has 6 nitrogen and oxygen atoms in total. The SMILES string of the molecule is CC1CN(C(=O)NC(C[C@H]2CCC3=Cc4c(cnn4-c4ccc(F)cc4)C[C@]32C)c2ccccc2)CC(C)O1. The lowest BCUT2D eigenvalue weighted by Gasteiger charge is -2.39. The van der Waals surface area contributed by atoms with Crippen LogP contribution in [0.25, 0.3) is 11.8 Å². The smallest absolute Gasteiger partial charge is 0.318 e. The van der Waals surface area contributed by atoms with Crippen LogP contribution in [0.15, 0.2) is 66.4 Å². The molecule has 7 heteroatoms. The maximum atomic E-state index is 13.5. The number of morpholine rings is 1. The van der Waals surface area contributed by atoms with Crippen LogP contribution in [0.4, 0.5) is 9.18 Å². The molecule has 3 aliphatic rings. The molecule has 1 aliphatic heterocycles. The number of carbonyl (C=O) groups is 1. The predicted molar refractivity (Wildman–Crippen MR) is 150 cm³/mol. The first-order valence-electron chi connectivity index (χ1n) is 14.1. The molecule has 2 amide bonds. The fourth-order valence-corrected chi connectivity index (χ4v) is 6.93. The fraction of sp³-hybridized carbons (Fsp3) is 0.438. The Morgan fingerprint density at radius 1 is 1.13 bits per heavy atom. The van der Waals surface area contributed by atoms with Crippen molar-refractivity contribution in [2.24, 2.45) is 11.3 Å². The van der Waals surface area contributed by atoms with E-state index in [2.05, 4.69) is 35.5 Å². The minimum atomic E-state index is -0.248. The van der Waals surface area contributed by atoms with E-state index in [0.717, 1.165) is 42.6 Å². The predicted octanol–water partition coefficient (Wildman–Crippen LogP) is 6.32. The highest BCUT2D eigenvalue weighted by Crippen LogP contribution is 2.55. The first kappa shape index (κ1) is 25.8. The van der Waals surface area contributed by atoms with E-state index in [0.29, 0.717) is 19.0 Å². The molecule has 3 aromatic rings. The summed E-state index contributed by atoms with van der Waals surface area (Å²) in [7, 11) is 0. The monoisotopic (exact) mass is 528 g/mol. The highest BCUT2D eigenvalue weighted by Gasteiger charge is 2.46. The van der Waals surface area contributed by atoms with Crippen molar-refractivity contribution < 1.29 is 13.9 Å². The summed E-state index contributed by atoms with van der Waals surface area (Å²) in [6.45, 7) is 7.63. The van der Waals surface area contributed by atoms with Gasteiger partial charge in [0.2, 0.25) is 0 Å². The number of ether oxygens (including phenoxy) is 1. The lowest BCUT2D eigenvalue weighted by atomic mass is 9.68. The van der Waals surface area contributed by atoms with Gasteiger partial charge in [0.05, 0.1) is 35.8 Å². The van der Waals surface area contributed by atoms with Crippen molar-refractivity contribution in [2.75, 3.05) is 13.1 Å². The van der Waals surface area contributed by atoms with Gasteiger partial charge in [-0.15, -0.1) is 0 Å². The maximum absolute atomic E-state index is 13.5. The molecule has 0 bridgehead atoms. The van der Waals surface area contributed by atoms with Gasteiger partial charge in [-0.1, -0.05) is 42.8 Å². The maximum Gasteiger partial charge on any atom is 0.318 e. The number of carbonyl (C=O) groups excluding carboxylic acids is 1. The molecule has 204 valence electrons. The second-order valence-electron chi connectivity index (χ2n) is 11.8. The van der Waals surface area contributed by atoms with E-state index >= 15 is 0 Å². The van der Waals surface area contributed by atoms with Gasteiger partial charge in [0, 0.05) is 13.1 Å². The van der Waals surface area contributed by atoms with E-state index in [-0.39, 0.29) is 35.5 Å². The van der Waals surface area contributed by atoms with Crippen LogP contribution in [0.2, 0.25) is 0 Å². The first-order valence-corrected chi connectivity index (χ1v) is 14.1. The zero-order valence-electron chi connectivity index (χ0n) is 22.9. The molecule has 1 saturated heterocycles. The molecule has 2 aliphatic carbocycles. The normalized spacial score (nSPS) is 26.9. The van der Waals surface area contributed by atoms with Crippen molar-refractivity contribution in [3.05, 3.63) is 89.0 Å². The van der Waals surface area contributed by atoms with Crippen LogP contribution in [-0.2, 0) is 11.2 Å². The van der Waals surface area contributed by atoms with Crippen molar-refractivity contribution in [3.63, 3.8) is 0 Å². The summed E-state index contributed by atoms with van der Waals surface area (Å²) in [5.74, 6) is 0.168. The molecule has 1 N–H and O–H groups in total. The Morgan fingerprint density at radius 3 is 2.56 bits per heavy atom. The van der Waals surface area contributed by atoms with Crippen LogP contribution in [0.5, 0.6) is 0 Å². The second-order valence-corrected chi connectivity index (χ2v) is 11.8. The number of hydrogen-bond acceptors (Lipinski definition) is 3. The van der Waals surface area contributed by atoms with Gasteiger partial charge in [0.15, 0.2) is 0 Å². The number of allylic oxidation sites excluding steroid dienone is 1. The minimum absolute atomic E-state index is 0.00338. The molecule has 1 saturated carbocycles. The van der Waals surface area contributed by atoms with Crippen LogP contribution in [0.1, 0.15) is 62.9 Å². The molecule has 2 aromatic carbocycles. The molecule has 5 atom stereocenters. The third-order valence-electron chi connectivity index (χ3n) is 8.95. The Bertz CT molecular complexity index is 1360. The summed E-state index contributed by atoms with van der Waals surface area (Å²) >= 11 is 0.